The Hall–Kier alpha value is -1.21. The largest absolute Gasteiger partial charge is 0.590 e. The number of para-hydroxylation sites is 4. The third-order valence-corrected chi connectivity index (χ3v) is 13.7. The van der Waals surface area contributed by atoms with Gasteiger partial charge >= 0.3 is 32.7 Å². The molecule has 2 heterocycles. The van der Waals surface area contributed by atoms with Gasteiger partial charge in [-0.15, -0.1) is 0 Å². The van der Waals surface area contributed by atoms with Gasteiger partial charge in [-0.1, -0.05) is 107 Å². The molecule has 0 spiro atoms. The van der Waals surface area contributed by atoms with Gasteiger partial charge in [-0.05, 0) is 66.8 Å². The first-order chi connectivity index (χ1) is 33.1. The first-order valence-electron chi connectivity index (χ1n) is 22.4. The van der Waals surface area contributed by atoms with Gasteiger partial charge in [-0.2, -0.15) is 148 Å². The normalized spacial score (nSPS) is 21.7. The van der Waals surface area contributed by atoms with Crippen molar-refractivity contribution in [3.8, 4) is 23.0 Å². The van der Waals surface area contributed by atoms with Gasteiger partial charge in [0, 0.05) is 43.8 Å². The van der Waals surface area contributed by atoms with Crippen molar-refractivity contribution < 1.29 is 83.7 Å². The standard InChI is InChI=1S/C25H30FO9P.C12H10ClO3P.C12H21FO4.11H2S/c1-16-17(2)24(31-19(4)28)25(32-23(16)22(26)15-30-18(3)27)35-36(29,33-20-11-7-5-8-12-20)34-21-13-9-6-10-14-21;13-17(14,15-11-7-3-1-4-8-11)16-12-9-5-2-6-10-12;1-5-9(13)10-6(2)7(3)11(12(15)17-10)16-8(4)14;;;;;;;;;;;/h5-14,16-17,22-25H,15H2,1-4H3;1-10H;6-7,9-12,15H,5H2,1-4H3;11*1H2/t16-,17-,22-,23?,24?,25-;;6-,7-,9-,10?,11?,12?;;;;;;;;;;;/m0.0.........../s1. The number of halogens is 3. The number of phosphoric ester groups is 1. The fourth-order valence-corrected chi connectivity index (χ4v) is 9.79. The number of phosphoric acid groups is 1. The van der Waals surface area contributed by atoms with E-state index in [-0.39, 0.29) is 172 Å². The second-order valence-corrected chi connectivity index (χ2v) is 20.3. The summed E-state index contributed by atoms with van der Waals surface area (Å²) in [6.07, 6.45) is -8.80. The molecule has 0 aliphatic carbocycles. The van der Waals surface area contributed by atoms with Gasteiger partial charge in [0.05, 0.1) is 12.2 Å². The highest BCUT2D eigenvalue weighted by molar-refractivity contribution is 7.82. The van der Waals surface area contributed by atoms with E-state index in [0.717, 1.165) is 0 Å². The van der Waals surface area contributed by atoms with Crippen LogP contribution in [0.3, 0.4) is 0 Å². The van der Waals surface area contributed by atoms with Crippen LogP contribution in [0.4, 0.5) is 8.78 Å². The Morgan fingerprint density at radius 1 is 0.519 bits per heavy atom. The monoisotopic (exact) mass is 1410 g/mol. The summed E-state index contributed by atoms with van der Waals surface area (Å²) in [6.45, 7) is 8.30. The SMILES string of the molecule is CC(=O)OC[C@H](F)C1O[C@@H](OP(=O)(Oc2ccccc2)Oc2ccccc2)C(OC(C)=O)[C@@H](C)[C@@H]1C.CC[C@H](F)C1OC(O)C(OC(C)=O)[C@@H](C)[C@@H]1C.O=P(Cl)(Oc1ccccc1)Oc1ccccc1.S.S.S.S.S.S.S.S.S.S.S. The van der Waals surface area contributed by atoms with Crippen molar-refractivity contribution in [3.63, 3.8) is 0 Å². The van der Waals surface area contributed by atoms with Crippen LogP contribution < -0.4 is 18.1 Å². The molecule has 2 fully saturated rings. The molecule has 1 N–H and O–H groups in total. The molecule has 32 heteroatoms. The highest BCUT2D eigenvalue weighted by Gasteiger charge is 2.51. The van der Waals surface area contributed by atoms with E-state index in [1.54, 1.807) is 130 Å². The van der Waals surface area contributed by atoms with Gasteiger partial charge in [0.15, 0.2) is 24.7 Å². The summed E-state index contributed by atoms with van der Waals surface area (Å²) in [6, 6.07) is 33.7. The Labute approximate surface area is 557 Å². The van der Waals surface area contributed by atoms with Crippen LogP contribution in [-0.4, -0.2) is 79.0 Å². The van der Waals surface area contributed by atoms with Crippen LogP contribution in [0.15, 0.2) is 121 Å². The molecule has 4 aromatic carbocycles. The third-order valence-electron chi connectivity index (χ3n) is 11.1. The Kier molecular flexibility index (Phi) is 56.8. The summed E-state index contributed by atoms with van der Waals surface area (Å²) in [5.74, 6) is -1.79. The van der Waals surface area contributed by atoms with Gasteiger partial charge in [0.2, 0.25) is 6.29 Å². The minimum Gasteiger partial charge on any atom is -0.463 e. The molecule has 2 aliphatic heterocycles. The zero-order valence-electron chi connectivity index (χ0n) is 45.5. The molecule has 12 atom stereocenters. The molecule has 2 aliphatic rings. The van der Waals surface area contributed by atoms with Crippen LogP contribution >= 0.6 is 174 Å². The average Bonchev–Trinajstić information content (AvgIpc) is 3.31. The third kappa shape index (κ3) is 32.9. The maximum absolute atomic E-state index is 15.1. The first kappa shape index (κ1) is 96.1. The van der Waals surface area contributed by atoms with E-state index in [9.17, 15) is 33.0 Å². The summed E-state index contributed by atoms with van der Waals surface area (Å²) in [5.41, 5.74) is 0. The van der Waals surface area contributed by atoms with Crippen molar-refractivity contribution in [2.24, 2.45) is 23.7 Å². The Morgan fingerprint density at radius 3 is 1.17 bits per heavy atom. The maximum atomic E-state index is 15.1. The van der Waals surface area contributed by atoms with Crippen molar-refractivity contribution in [3.05, 3.63) is 121 Å². The highest BCUT2D eigenvalue weighted by Crippen LogP contribution is 2.54. The van der Waals surface area contributed by atoms with Crippen LogP contribution in [0.1, 0.15) is 61.8 Å². The summed E-state index contributed by atoms with van der Waals surface area (Å²) in [4.78, 5) is 33.9. The number of aliphatic hydroxyl groups is 1. The Balaban J connectivity index is -0.000000169. The van der Waals surface area contributed by atoms with Crippen molar-refractivity contribution >= 4 is 192 Å². The quantitative estimate of drug-likeness (QED) is 0.0594. The molecule has 6 rings (SSSR count). The predicted octanol–water partition coefficient (Wildman–Crippen LogP) is 12.5. The van der Waals surface area contributed by atoms with Crippen LogP contribution in [0.5, 0.6) is 23.0 Å². The number of aliphatic hydroxyl groups excluding tert-OH is 1. The van der Waals surface area contributed by atoms with Crippen molar-refractivity contribution in [1.29, 1.82) is 0 Å². The topological polar surface area (TPSA) is 198 Å². The smallest absolute Gasteiger partial charge is 0.463 e. The number of carbonyl (C=O) groups excluding carboxylic acids is 3. The lowest BCUT2D eigenvalue weighted by Gasteiger charge is -2.44. The maximum Gasteiger partial charge on any atom is 0.590 e. The Morgan fingerprint density at radius 2 is 0.840 bits per heavy atom. The predicted molar refractivity (Wildman–Crippen MR) is 369 cm³/mol. The molecule has 0 amide bonds. The lowest BCUT2D eigenvalue weighted by Crippen LogP contribution is -2.55. The van der Waals surface area contributed by atoms with Crippen LogP contribution in [0.25, 0.3) is 0 Å². The lowest BCUT2D eigenvalue weighted by atomic mass is 9.81. The Bertz CT molecular complexity index is 2260. The molecule has 0 bridgehead atoms. The molecule has 16 nitrogen and oxygen atoms in total. The molecule has 81 heavy (non-hydrogen) atoms. The number of alkyl halides is 2. The lowest BCUT2D eigenvalue weighted by molar-refractivity contribution is -0.267. The van der Waals surface area contributed by atoms with E-state index in [0.29, 0.717) is 17.9 Å². The van der Waals surface area contributed by atoms with Crippen LogP contribution in [0.2, 0.25) is 0 Å². The van der Waals surface area contributed by atoms with Crippen molar-refractivity contribution in [2.45, 2.75) is 111 Å². The molecule has 472 valence electrons. The van der Waals surface area contributed by atoms with E-state index >= 15 is 4.39 Å². The minimum atomic E-state index is -4.47. The molecule has 0 saturated carbocycles. The van der Waals surface area contributed by atoms with E-state index < -0.39 is 100 Å². The molecule has 2 saturated heterocycles. The van der Waals surface area contributed by atoms with E-state index in [1.807, 2.05) is 26.0 Å². The van der Waals surface area contributed by atoms with Gasteiger partial charge in [-0.25, -0.2) is 22.4 Å². The number of esters is 3. The van der Waals surface area contributed by atoms with Gasteiger partial charge in [0.25, 0.3) is 0 Å². The molecular weight excluding hydrogens is 1330 g/mol. The fraction of sp³-hybridized carbons (Fsp3) is 0.449. The highest BCUT2D eigenvalue weighted by atomic mass is 35.7. The number of carbonyl (C=O) groups is 3. The molecule has 0 aromatic heterocycles. The summed E-state index contributed by atoms with van der Waals surface area (Å²) < 4.78 is 108. The summed E-state index contributed by atoms with van der Waals surface area (Å²) in [7, 11) is -4.47. The summed E-state index contributed by atoms with van der Waals surface area (Å²) in [5, 5.41) is 9.75. The minimum absolute atomic E-state index is 0. The number of hydrogen-bond acceptors (Lipinski definition) is 16. The molecular formula is C49H83ClF2O16P2S11. The van der Waals surface area contributed by atoms with E-state index in [1.165, 1.54) is 20.8 Å². The number of benzene rings is 4. The van der Waals surface area contributed by atoms with Crippen molar-refractivity contribution in [2.75, 3.05) is 6.61 Å². The average molecular weight is 1420 g/mol. The van der Waals surface area contributed by atoms with Gasteiger partial charge in [-0.3, -0.25) is 14.4 Å². The molecule has 5 unspecified atom stereocenters. The summed E-state index contributed by atoms with van der Waals surface area (Å²) >= 11 is 5.72. The fourth-order valence-electron chi connectivity index (χ4n) is 7.22. The van der Waals surface area contributed by atoms with Crippen LogP contribution in [-0.2, 0) is 51.7 Å². The molecule has 4 aromatic rings. The number of ether oxygens (including phenoxy) is 5. The van der Waals surface area contributed by atoms with Crippen molar-refractivity contribution in [1.82, 2.24) is 0 Å². The second-order valence-electron chi connectivity index (χ2n) is 16.4. The molecule has 0 radical (unpaired) electrons. The van der Waals surface area contributed by atoms with E-state index in [2.05, 4.69) is 0 Å². The first-order valence-corrected chi connectivity index (χ1v) is 26.3. The van der Waals surface area contributed by atoms with E-state index in [4.69, 9.17) is 57.5 Å². The zero-order chi connectivity index (χ0) is 51.6. The number of rotatable bonds is 17. The van der Waals surface area contributed by atoms with Gasteiger partial charge < -0.3 is 46.9 Å². The number of hydrogen-bond donors (Lipinski definition) is 1. The zero-order valence-corrected chi connectivity index (χ0v) is 59.0. The van der Waals surface area contributed by atoms with Gasteiger partial charge in [0.1, 0.15) is 35.8 Å². The van der Waals surface area contributed by atoms with Crippen LogP contribution in [0, 0.1) is 23.7 Å². The second kappa shape index (κ2) is 47.9.